The first-order valence-electron chi connectivity index (χ1n) is 8.11. The van der Waals surface area contributed by atoms with Crippen LogP contribution in [0, 0.1) is 0 Å². The molecule has 1 amide bonds. The lowest BCUT2D eigenvalue weighted by Crippen LogP contribution is -2.33. The van der Waals surface area contributed by atoms with Gasteiger partial charge in [0.05, 0.1) is 19.4 Å². The van der Waals surface area contributed by atoms with Gasteiger partial charge < -0.3 is 20.1 Å². The van der Waals surface area contributed by atoms with Crippen molar-refractivity contribution in [3.8, 4) is 11.5 Å². The number of nitrogens with zero attached hydrogens (tertiary/aromatic N) is 1. The molecule has 1 unspecified atom stereocenters. The number of carbonyl (C=O) groups excluding carboxylic acids is 1. The number of ether oxygens (including phenoxy) is 2. The van der Waals surface area contributed by atoms with Gasteiger partial charge in [0, 0.05) is 19.0 Å². The van der Waals surface area contributed by atoms with Crippen LogP contribution in [0.5, 0.6) is 11.5 Å². The van der Waals surface area contributed by atoms with Gasteiger partial charge in [-0.3, -0.25) is 4.79 Å². The molecule has 0 saturated heterocycles. The number of rotatable bonds is 4. The Kier molecular flexibility index (Phi) is 5.01. The number of methoxy groups -OCH3 is 1. The molecule has 2 N–H and O–H groups in total. The van der Waals surface area contributed by atoms with E-state index in [0.29, 0.717) is 24.7 Å². The first-order chi connectivity index (χ1) is 11.7. The van der Waals surface area contributed by atoms with E-state index >= 15 is 0 Å². The molecule has 0 saturated carbocycles. The highest BCUT2D eigenvalue weighted by molar-refractivity contribution is 5.96. The summed E-state index contributed by atoms with van der Waals surface area (Å²) in [5.41, 5.74) is 7.92. The van der Waals surface area contributed by atoms with Gasteiger partial charge in [-0.2, -0.15) is 0 Å². The average molecular weight is 326 g/mol. The van der Waals surface area contributed by atoms with E-state index in [9.17, 15) is 4.79 Å². The Bertz CT molecular complexity index is 703. The summed E-state index contributed by atoms with van der Waals surface area (Å²) in [5.74, 6) is 1.25. The number of hydrogen-bond donors (Lipinski definition) is 1. The van der Waals surface area contributed by atoms with Crippen molar-refractivity contribution in [3.05, 3.63) is 54.1 Å². The van der Waals surface area contributed by atoms with Crippen molar-refractivity contribution < 1.29 is 14.3 Å². The van der Waals surface area contributed by atoms with Gasteiger partial charge in [-0.1, -0.05) is 36.4 Å². The fourth-order valence-corrected chi connectivity index (χ4v) is 2.92. The molecule has 5 heteroatoms. The van der Waals surface area contributed by atoms with Gasteiger partial charge in [0.25, 0.3) is 0 Å². The summed E-state index contributed by atoms with van der Waals surface area (Å²) in [5, 5.41) is 0. The number of para-hydroxylation sites is 1. The molecule has 2 aromatic rings. The zero-order valence-corrected chi connectivity index (χ0v) is 13.8. The highest BCUT2D eigenvalue weighted by Gasteiger charge is 2.25. The fraction of sp³-hybridized carbons (Fsp3) is 0.316. The van der Waals surface area contributed by atoms with E-state index in [1.807, 2.05) is 48.5 Å². The molecule has 3 rings (SSSR count). The first kappa shape index (κ1) is 16.3. The summed E-state index contributed by atoms with van der Waals surface area (Å²) < 4.78 is 11.1. The molecule has 0 radical (unpaired) electrons. The predicted molar refractivity (Wildman–Crippen MR) is 93.4 cm³/mol. The van der Waals surface area contributed by atoms with E-state index in [0.717, 1.165) is 17.7 Å². The summed E-state index contributed by atoms with van der Waals surface area (Å²) >= 11 is 0. The molecule has 0 aliphatic carbocycles. The Morgan fingerprint density at radius 1 is 1.25 bits per heavy atom. The fourth-order valence-electron chi connectivity index (χ4n) is 2.92. The van der Waals surface area contributed by atoms with Crippen LogP contribution < -0.4 is 20.1 Å². The van der Waals surface area contributed by atoms with Gasteiger partial charge in [-0.25, -0.2) is 0 Å². The molecular formula is C19H22N2O3. The van der Waals surface area contributed by atoms with Crippen molar-refractivity contribution in [2.45, 2.75) is 18.9 Å². The Labute approximate surface area is 142 Å². The Morgan fingerprint density at radius 3 is 2.79 bits per heavy atom. The third-order valence-corrected chi connectivity index (χ3v) is 4.16. The van der Waals surface area contributed by atoms with Crippen LogP contribution in [0.1, 0.15) is 24.4 Å². The van der Waals surface area contributed by atoms with Gasteiger partial charge in [0.2, 0.25) is 5.91 Å². The maximum absolute atomic E-state index is 12.8. The van der Waals surface area contributed by atoms with E-state index < -0.39 is 0 Å². The van der Waals surface area contributed by atoms with Gasteiger partial charge in [0.15, 0.2) is 11.5 Å². The van der Waals surface area contributed by atoms with E-state index in [1.165, 1.54) is 0 Å². The van der Waals surface area contributed by atoms with Crippen molar-refractivity contribution in [3.63, 3.8) is 0 Å². The Morgan fingerprint density at radius 2 is 2.04 bits per heavy atom. The third kappa shape index (κ3) is 3.36. The van der Waals surface area contributed by atoms with Crippen molar-refractivity contribution in [2.24, 2.45) is 5.73 Å². The zero-order valence-electron chi connectivity index (χ0n) is 13.8. The molecule has 1 aliphatic rings. The molecule has 126 valence electrons. The van der Waals surface area contributed by atoms with Crippen LogP contribution >= 0.6 is 0 Å². The molecule has 0 spiro atoms. The molecule has 2 aromatic carbocycles. The Balaban J connectivity index is 1.83. The molecule has 0 fully saturated rings. The van der Waals surface area contributed by atoms with Gasteiger partial charge >= 0.3 is 0 Å². The minimum Gasteiger partial charge on any atom is -0.493 e. The average Bonchev–Trinajstić information content (AvgIpc) is 2.84. The zero-order chi connectivity index (χ0) is 16.9. The standard InChI is InChI=1S/C19H22N2O3/c1-23-17-10-5-9-16-19(17)24-12-6-11-21(16)18(22)13-15(20)14-7-3-2-4-8-14/h2-5,7-10,15H,6,11-13,20H2,1H3. The molecule has 24 heavy (non-hydrogen) atoms. The topological polar surface area (TPSA) is 64.8 Å². The lowest BCUT2D eigenvalue weighted by molar-refractivity contribution is -0.119. The number of hydrogen-bond acceptors (Lipinski definition) is 4. The predicted octanol–water partition coefficient (Wildman–Crippen LogP) is 2.90. The van der Waals surface area contributed by atoms with E-state index in [4.69, 9.17) is 15.2 Å². The van der Waals surface area contributed by atoms with Crippen LogP contribution in [0.4, 0.5) is 5.69 Å². The van der Waals surface area contributed by atoms with Crippen molar-refractivity contribution in [1.82, 2.24) is 0 Å². The largest absolute Gasteiger partial charge is 0.493 e. The lowest BCUT2D eigenvalue weighted by Gasteiger charge is -2.24. The normalized spacial score (nSPS) is 15.0. The number of carbonyl (C=O) groups is 1. The second-order valence-electron chi connectivity index (χ2n) is 5.78. The molecule has 1 aliphatic heterocycles. The summed E-state index contributed by atoms with van der Waals surface area (Å²) in [4.78, 5) is 14.6. The van der Waals surface area contributed by atoms with Crippen molar-refractivity contribution >= 4 is 11.6 Å². The summed E-state index contributed by atoms with van der Waals surface area (Å²) in [6.07, 6.45) is 1.02. The van der Waals surface area contributed by atoms with E-state index in [1.54, 1.807) is 12.0 Å². The van der Waals surface area contributed by atoms with Gasteiger partial charge in [0.1, 0.15) is 0 Å². The molecule has 0 aromatic heterocycles. The number of amides is 1. The van der Waals surface area contributed by atoms with Crippen LogP contribution in [0.2, 0.25) is 0 Å². The smallest absolute Gasteiger partial charge is 0.229 e. The van der Waals surface area contributed by atoms with Gasteiger partial charge in [-0.15, -0.1) is 0 Å². The molecule has 0 bridgehead atoms. The lowest BCUT2D eigenvalue weighted by atomic mass is 10.0. The molecule has 1 heterocycles. The summed E-state index contributed by atoms with van der Waals surface area (Å²) in [6, 6.07) is 14.9. The van der Waals surface area contributed by atoms with Gasteiger partial charge in [-0.05, 0) is 24.1 Å². The molecular weight excluding hydrogens is 304 g/mol. The van der Waals surface area contributed by atoms with Crippen LogP contribution in [0.3, 0.4) is 0 Å². The maximum Gasteiger partial charge on any atom is 0.229 e. The molecule has 1 atom stereocenters. The summed E-state index contributed by atoms with van der Waals surface area (Å²) in [7, 11) is 1.60. The number of benzene rings is 2. The van der Waals surface area contributed by atoms with Crippen LogP contribution in [0.15, 0.2) is 48.5 Å². The van der Waals surface area contributed by atoms with Crippen LogP contribution in [-0.4, -0.2) is 26.2 Å². The SMILES string of the molecule is COc1cccc2c1OCCCN2C(=O)CC(N)c1ccccc1. The monoisotopic (exact) mass is 326 g/mol. The van der Waals surface area contributed by atoms with E-state index in [2.05, 4.69) is 0 Å². The second-order valence-corrected chi connectivity index (χ2v) is 5.78. The minimum atomic E-state index is -0.322. The Hall–Kier alpha value is -2.53. The quantitative estimate of drug-likeness (QED) is 0.938. The number of nitrogens with two attached hydrogens (primary N) is 1. The first-order valence-corrected chi connectivity index (χ1v) is 8.11. The molecule has 5 nitrogen and oxygen atoms in total. The van der Waals surface area contributed by atoms with E-state index in [-0.39, 0.29) is 18.4 Å². The van der Waals surface area contributed by atoms with Crippen molar-refractivity contribution in [1.29, 1.82) is 0 Å². The van der Waals surface area contributed by atoms with Crippen molar-refractivity contribution in [2.75, 3.05) is 25.2 Å². The third-order valence-electron chi connectivity index (χ3n) is 4.16. The van der Waals surface area contributed by atoms with Crippen LogP contribution in [0.25, 0.3) is 0 Å². The van der Waals surface area contributed by atoms with Crippen LogP contribution in [-0.2, 0) is 4.79 Å². The second kappa shape index (κ2) is 7.36. The highest BCUT2D eigenvalue weighted by Crippen LogP contribution is 2.39. The highest BCUT2D eigenvalue weighted by atomic mass is 16.5. The number of anilines is 1. The minimum absolute atomic E-state index is 0.00800. The maximum atomic E-state index is 12.8. The summed E-state index contributed by atoms with van der Waals surface area (Å²) in [6.45, 7) is 1.17. The number of fused-ring (bicyclic) bond motifs is 1.